The molecule has 2 aliphatic rings. The molecule has 5 nitrogen and oxygen atoms in total. The number of amides is 1. The summed E-state index contributed by atoms with van der Waals surface area (Å²) in [5.74, 6) is 0.0534. The monoisotopic (exact) mass is 295 g/mol. The van der Waals surface area contributed by atoms with Crippen LogP contribution in [0.3, 0.4) is 0 Å². The van der Waals surface area contributed by atoms with Gasteiger partial charge < -0.3 is 15.8 Å². The van der Waals surface area contributed by atoms with Crippen LogP contribution in [0.15, 0.2) is 5.38 Å². The quantitative estimate of drug-likeness (QED) is 0.878. The number of nitrogens with one attached hydrogen (secondary N) is 1. The van der Waals surface area contributed by atoms with Gasteiger partial charge in [0.1, 0.15) is 10.5 Å². The third-order valence-corrected chi connectivity index (χ3v) is 5.86. The maximum absolute atomic E-state index is 12.6. The van der Waals surface area contributed by atoms with Gasteiger partial charge in [-0.05, 0) is 13.3 Å². The average molecular weight is 295 g/mol. The Labute approximate surface area is 122 Å². The van der Waals surface area contributed by atoms with Crippen LogP contribution < -0.4 is 11.1 Å². The van der Waals surface area contributed by atoms with Crippen molar-refractivity contribution in [2.75, 3.05) is 6.61 Å². The van der Waals surface area contributed by atoms with E-state index < -0.39 is 5.54 Å². The Kier molecular flexibility index (Phi) is 3.15. The third-order valence-electron chi connectivity index (χ3n) is 4.90. The summed E-state index contributed by atoms with van der Waals surface area (Å²) in [5.41, 5.74) is 6.30. The molecule has 0 aromatic carbocycles. The molecule has 3 unspecified atom stereocenters. The Morgan fingerprint density at radius 3 is 3.05 bits per heavy atom. The lowest BCUT2D eigenvalue weighted by atomic mass is 9.48. The van der Waals surface area contributed by atoms with Crippen molar-refractivity contribution < 1.29 is 9.53 Å². The number of fused-ring (bicyclic) bond motifs is 1. The number of hydrogen-bond donors (Lipinski definition) is 2. The zero-order valence-electron chi connectivity index (χ0n) is 12.1. The maximum Gasteiger partial charge on any atom is 0.241 e. The van der Waals surface area contributed by atoms with Gasteiger partial charge in [-0.1, -0.05) is 13.8 Å². The molecule has 1 saturated heterocycles. The Morgan fingerprint density at radius 2 is 2.40 bits per heavy atom. The van der Waals surface area contributed by atoms with E-state index in [0.29, 0.717) is 13.2 Å². The molecule has 20 heavy (non-hydrogen) atoms. The topological polar surface area (TPSA) is 77.2 Å². The van der Waals surface area contributed by atoms with Crippen molar-refractivity contribution in [2.45, 2.75) is 45.4 Å². The normalized spacial score (nSPS) is 34.4. The minimum absolute atomic E-state index is 0.0814. The van der Waals surface area contributed by atoms with Crippen LogP contribution in [0.1, 0.15) is 31.0 Å². The molecule has 110 valence electrons. The van der Waals surface area contributed by atoms with E-state index >= 15 is 0 Å². The van der Waals surface area contributed by atoms with Gasteiger partial charge >= 0.3 is 0 Å². The van der Waals surface area contributed by atoms with Gasteiger partial charge in [-0.2, -0.15) is 0 Å². The van der Waals surface area contributed by atoms with E-state index in [0.717, 1.165) is 17.1 Å². The van der Waals surface area contributed by atoms with Crippen molar-refractivity contribution in [3.05, 3.63) is 16.1 Å². The Morgan fingerprint density at radius 1 is 1.65 bits per heavy atom. The van der Waals surface area contributed by atoms with E-state index in [9.17, 15) is 4.79 Å². The number of aryl methyl sites for hydroxylation is 1. The largest absolute Gasteiger partial charge is 0.377 e. The highest BCUT2D eigenvalue weighted by molar-refractivity contribution is 7.09. The molecule has 6 heteroatoms. The van der Waals surface area contributed by atoms with Crippen LogP contribution >= 0.6 is 11.3 Å². The van der Waals surface area contributed by atoms with E-state index in [1.165, 1.54) is 0 Å². The lowest BCUT2D eigenvalue weighted by molar-refractivity contribution is -0.175. The molecular weight excluding hydrogens is 274 g/mol. The molecule has 1 aliphatic carbocycles. The number of carbonyl (C=O) groups excluding carboxylic acids is 1. The summed E-state index contributed by atoms with van der Waals surface area (Å²) in [6.07, 6.45) is 0.981. The molecule has 3 rings (SSSR count). The van der Waals surface area contributed by atoms with Gasteiger partial charge in [0, 0.05) is 29.0 Å². The predicted molar refractivity (Wildman–Crippen MR) is 77.2 cm³/mol. The first-order valence-electron chi connectivity index (χ1n) is 6.97. The molecule has 0 bridgehead atoms. The molecule has 1 aliphatic heterocycles. The third kappa shape index (κ3) is 1.75. The second-order valence-corrected chi connectivity index (χ2v) is 7.29. The molecule has 1 aromatic rings. The standard InChI is InChI=1S/C14H21N3O2S/c1-8-7-20-10(17-8)6-16-12(18)14(15)9-4-5-19-11(9)13(14,2)3/h7,9,11H,4-6,15H2,1-3H3,(H,16,18). The number of nitrogens with two attached hydrogens (primary N) is 1. The average Bonchev–Trinajstić information content (AvgIpc) is 3.02. The second-order valence-electron chi connectivity index (χ2n) is 6.34. The number of rotatable bonds is 3. The number of aromatic nitrogens is 1. The number of ether oxygens (including phenoxy) is 1. The molecule has 2 fully saturated rings. The van der Waals surface area contributed by atoms with Crippen molar-refractivity contribution >= 4 is 17.2 Å². The van der Waals surface area contributed by atoms with Gasteiger partial charge in [0.15, 0.2) is 0 Å². The number of thiazole rings is 1. The first-order valence-corrected chi connectivity index (χ1v) is 7.85. The molecule has 0 radical (unpaired) electrons. The van der Waals surface area contributed by atoms with Gasteiger partial charge in [0.05, 0.1) is 12.6 Å². The highest BCUT2D eigenvalue weighted by Crippen LogP contribution is 2.58. The first-order chi connectivity index (χ1) is 9.37. The smallest absolute Gasteiger partial charge is 0.241 e. The molecule has 3 N–H and O–H groups in total. The molecule has 1 saturated carbocycles. The fourth-order valence-electron chi connectivity index (χ4n) is 3.63. The lowest BCUT2D eigenvalue weighted by Gasteiger charge is -2.60. The minimum Gasteiger partial charge on any atom is -0.377 e. The maximum atomic E-state index is 12.6. The fraction of sp³-hybridized carbons (Fsp3) is 0.714. The van der Waals surface area contributed by atoms with Crippen molar-refractivity contribution in [1.82, 2.24) is 10.3 Å². The summed E-state index contributed by atoms with van der Waals surface area (Å²) < 4.78 is 5.71. The SMILES string of the molecule is Cc1csc(CNC(=O)C2(N)C3CCOC3C2(C)C)n1. The molecule has 1 amide bonds. The summed E-state index contributed by atoms with van der Waals surface area (Å²) in [6, 6.07) is 0. The number of hydrogen-bond acceptors (Lipinski definition) is 5. The van der Waals surface area contributed by atoms with Crippen molar-refractivity contribution in [3.8, 4) is 0 Å². The van der Waals surface area contributed by atoms with E-state index in [-0.39, 0.29) is 23.3 Å². The molecule has 0 spiro atoms. The summed E-state index contributed by atoms with van der Waals surface area (Å²) in [6.45, 7) is 7.14. The number of nitrogens with zero attached hydrogens (tertiary/aromatic N) is 1. The summed E-state index contributed by atoms with van der Waals surface area (Å²) in [5, 5.41) is 5.84. The molecule has 2 heterocycles. The molecular formula is C14H21N3O2S. The first kappa shape index (κ1) is 14.0. The second kappa shape index (κ2) is 4.51. The summed E-state index contributed by atoms with van der Waals surface area (Å²) in [4.78, 5) is 16.9. The van der Waals surface area contributed by atoms with Crippen LogP contribution in [0.4, 0.5) is 0 Å². The van der Waals surface area contributed by atoms with Crippen LogP contribution in [-0.4, -0.2) is 29.1 Å². The highest BCUT2D eigenvalue weighted by atomic mass is 32.1. The number of carbonyl (C=O) groups is 1. The van der Waals surface area contributed by atoms with Gasteiger partial charge in [-0.3, -0.25) is 4.79 Å². The molecule has 1 aromatic heterocycles. The van der Waals surface area contributed by atoms with E-state index in [2.05, 4.69) is 10.3 Å². The van der Waals surface area contributed by atoms with Crippen LogP contribution in [0, 0.1) is 18.3 Å². The fourth-order valence-corrected chi connectivity index (χ4v) is 4.34. The predicted octanol–water partition coefficient (Wildman–Crippen LogP) is 1.21. The van der Waals surface area contributed by atoms with Gasteiger partial charge in [0.2, 0.25) is 5.91 Å². The van der Waals surface area contributed by atoms with E-state index in [1.807, 2.05) is 26.2 Å². The van der Waals surface area contributed by atoms with Crippen molar-refractivity contribution in [3.63, 3.8) is 0 Å². The van der Waals surface area contributed by atoms with Gasteiger partial charge in [0.25, 0.3) is 0 Å². The van der Waals surface area contributed by atoms with Crippen molar-refractivity contribution in [1.29, 1.82) is 0 Å². The zero-order chi connectivity index (χ0) is 14.5. The Balaban J connectivity index is 1.70. The van der Waals surface area contributed by atoms with E-state index in [4.69, 9.17) is 10.5 Å². The Bertz CT molecular complexity index is 542. The minimum atomic E-state index is -0.833. The van der Waals surface area contributed by atoms with Gasteiger partial charge in [-0.15, -0.1) is 11.3 Å². The van der Waals surface area contributed by atoms with E-state index in [1.54, 1.807) is 11.3 Å². The highest BCUT2D eigenvalue weighted by Gasteiger charge is 2.71. The van der Waals surface area contributed by atoms with Gasteiger partial charge in [-0.25, -0.2) is 4.98 Å². The Hall–Kier alpha value is -0.980. The van der Waals surface area contributed by atoms with Crippen LogP contribution in [0.2, 0.25) is 0 Å². The van der Waals surface area contributed by atoms with Crippen molar-refractivity contribution in [2.24, 2.45) is 17.1 Å². The van der Waals surface area contributed by atoms with Crippen LogP contribution in [0.25, 0.3) is 0 Å². The van der Waals surface area contributed by atoms with Crippen LogP contribution in [0.5, 0.6) is 0 Å². The molecule has 3 atom stereocenters. The van der Waals surface area contributed by atoms with Crippen LogP contribution in [-0.2, 0) is 16.1 Å². The summed E-state index contributed by atoms with van der Waals surface area (Å²) >= 11 is 1.56. The summed E-state index contributed by atoms with van der Waals surface area (Å²) in [7, 11) is 0. The lowest BCUT2D eigenvalue weighted by Crippen LogP contribution is -2.80. The zero-order valence-corrected chi connectivity index (χ0v) is 12.9.